The van der Waals surface area contributed by atoms with Crippen molar-refractivity contribution >= 4 is 35.5 Å². The number of nitrogens with one attached hydrogen (secondary N) is 4. The highest BCUT2D eigenvalue weighted by Gasteiger charge is 2.29. The highest BCUT2D eigenvalue weighted by molar-refractivity contribution is 7.98. The number of carboxylic acids is 1. The zero-order valence-corrected chi connectivity index (χ0v) is 18.6. The minimum Gasteiger partial charge on any atom is -0.480 e. The summed E-state index contributed by atoms with van der Waals surface area (Å²) in [5, 5.41) is 20.2. The molecule has 1 aliphatic rings. The molecule has 0 aromatic carbocycles. The van der Waals surface area contributed by atoms with Crippen molar-refractivity contribution in [2.45, 2.75) is 69.6 Å². The standard InChI is InChI=1S/C19H35N5O5S/c1-12(16(25)24-15(19(28)29)6-3-4-9-20)22-18(27)14(8-11-30-2)23-17(26)13-7-5-10-21-13/h12-15,21H,3-11,20H2,1-2H3,(H,22,27)(H,23,26)(H,24,25)(H,28,29). The van der Waals surface area contributed by atoms with Crippen molar-refractivity contribution < 1.29 is 24.3 Å². The normalized spacial score (nSPS) is 18.8. The molecule has 1 fully saturated rings. The lowest BCUT2D eigenvalue weighted by atomic mass is 10.1. The van der Waals surface area contributed by atoms with Crippen LogP contribution in [0, 0.1) is 0 Å². The second-order valence-electron chi connectivity index (χ2n) is 7.41. The van der Waals surface area contributed by atoms with E-state index < -0.39 is 35.9 Å². The maximum absolute atomic E-state index is 12.7. The van der Waals surface area contributed by atoms with Gasteiger partial charge in [-0.15, -0.1) is 0 Å². The molecule has 0 radical (unpaired) electrons. The number of aliphatic carboxylic acids is 1. The van der Waals surface area contributed by atoms with Gasteiger partial charge in [0.05, 0.1) is 6.04 Å². The molecule has 0 bridgehead atoms. The first-order valence-corrected chi connectivity index (χ1v) is 11.8. The molecule has 1 saturated heterocycles. The lowest BCUT2D eigenvalue weighted by Gasteiger charge is -2.23. The first-order valence-electron chi connectivity index (χ1n) is 10.4. The van der Waals surface area contributed by atoms with Gasteiger partial charge in [-0.1, -0.05) is 0 Å². The van der Waals surface area contributed by atoms with E-state index in [2.05, 4.69) is 21.3 Å². The summed E-state index contributed by atoms with van der Waals surface area (Å²) in [7, 11) is 0. The third-order valence-corrected chi connectivity index (χ3v) is 5.58. The van der Waals surface area contributed by atoms with Crippen LogP contribution in [0.1, 0.15) is 45.4 Å². The van der Waals surface area contributed by atoms with Crippen LogP contribution in [0.3, 0.4) is 0 Å². The number of amides is 3. The largest absolute Gasteiger partial charge is 0.480 e. The lowest BCUT2D eigenvalue weighted by Crippen LogP contribution is -2.56. The molecule has 7 N–H and O–H groups in total. The van der Waals surface area contributed by atoms with Crippen molar-refractivity contribution in [3.63, 3.8) is 0 Å². The van der Waals surface area contributed by atoms with Gasteiger partial charge in [0.25, 0.3) is 0 Å². The minimum atomic E-state index is -1.13. The summed E-state index contributed by atoms with van der Waals surface area (Å²) in [6.45, 7) is 2.71. The fraction of sp³-hybridized carbons (Fsp3) is 0.789. The predicted octanol–water partition coefficient (Wildman–Crippen LogP) is -0.821. The van der Waals surface area contributed by atoms with Crippen LogP contribution in [0.25, 0.3) is 0 Å². The number of unbranched alkanes of at least 4 members (excludes halogenated alkanes) is 1. The van der Waals surface area contributed by atoms with Crippen LogP contribution in [-0.4, -0.2) is 78.1 Å². The third-order valence-electron chi connectivity index (χ3n) is 4.93. The first-order chi connectivity index (χ1) is 14.3. The molecule has 1 rings (SSSR count). The van der Waals surface area contributed by atoms with E-state index in [1.165, 1.54) is 6.92 Å². The molecule has 0 spiro atoms. The van der Waals surface area contributed by atoms with Crippen molar-refractivity contribution in [1.29, 1.82) is 0 Å². The number of thioether (sulfide) groups is 1. The average Bonchev–Trinajstić information content (AvgIpc) is 3.24. The van der Waals surface area contributed by atoms with Crippen molar-refractivity contribution in [1.82, 2.24) is 21.3 Å². The van der Waals surface area contributed by atoms with E-state index in [0.29, 0.717) is 31.6 Å². The molecule has 4 unspecified atom stereocenters. The van der Waals surface area contributed by atoms with E-state index >= 15 is 0 Å². The van der Waals surface area contributed by atoms with E-state index in [0.717, 1.165) is 19.4 Å². The molecule has 11 heteroatoms. The average molecular weight is 446 g/mol. The topological polar surface area (TPSA) is 163 Å². The van der Waals surface area contributed by atoms with Gasteiger partial charge in [0.15, 0.2) is 0 Å². The molecule has 172 valence electrons. The molecule has 1 heterocycles. The van der Waals surface area contributed by atoms with E-state index in [1.807, 2.05) is 6.26 Å². The van der Waals surface area contributed by atoms with Gasteiger partial charge in [0, 0.05) is 0 Å². The van der Waals surface area contributed by atoms with Gasteiger partial charge in [-0.3, -0.25) is 14.4 Å². The number of hydrogen-bond acceptors (Lipinski definition) is 7. The Morgan fingerprint density at radius 2 is 1.83 bits per heavy atom. The highest BCUT2D eigenvalue weighted by Crippen LogP contribution is 2.08. The van der Waals surface area contributed by atoms with Gasteiger partial charge < -0.3 is 32.1 Å². The smallest absolute Gasteiger partial charge is 0.326 e. The van der Waals surface area contributed by atoms with Crippen LogP contribution in [0.15, 0.2) is 0 Å². The summed E-state index contributed by atoms with van der Waals surface area (Å²) in [5.41, 5.74) is 5.41. The van der Waals surface area contributed by atoms with Crippen LogP contribution >= 0.6 is 11.8 Å². The molecule has 0 aliphatic carbocycles. The zero-order chi connectivity index (χ0) is 22.5. The van der Waals surface area contributed by atoms with Gasteiger partial charge in [-0.05, 0) is 70.5 Å². The number of hydrogen-bond donors (Lipinski definition) is 6. The molecule has 0 saturated carbocycles. The van der Waals surface area contributed by atoms with E-state index in [9.17, 15) is 24.3 Å². The Hall–Kier alpha value is -1.85. The van der Waals surface area contributed by atoms with Crippen molar-refractivity contribution in [3.05, 3.63) is 0 Å². The third kappa shape index (κ3) is 9.31. The lowest BCUT2D eigenvalue weighted by molar-refractivity contribution is -0.142. The summed E-state index contributed by atoms with van der Waals surface area (Å²) in [6.07, 6.45) is 5.47. The van der Waals surface area contributed by atoms with Crippen LogP contribution in [0.5, 0.6) is 0 Å². The maximum Gasteiger partial charge on any atom is 0.326 e. The number of carboxylic acid groups (broad SMARTS) is 1. The van der Waals surface area contributed by atoms with Gasteiger partial charge in [-0.2, -0.15) is 11.8 Å². The van der Waals surface area contributed by atoms with Crippen LogP contribution in [0.4, 0.5) is 0 Å². The van der Waals surface area contributed by atoms with Gasteiger partial charge >= 0.3 is 5.97 Å². The summed E-state index contributed by atoms with van der Waals surface area (Å²) < 4.78 is 0. The fourth-order valence-corrected chi connectivity index (χ4v) is 3.58. The number of carbonyl (C=O) groups is 4. The van der Waals surface area contributed by atoms with Crippen LogP contribution < -0.4 is 27.0 Å². The van der Waals surface area contributed by atoms with E-state index in [1.54, 1.807) is 11.8 Å². The van der Waals surface area contributed by atoms with Gasteiger partial charge in [0.2, 0.25) is 17.7 Å². The van der Waals surface area contributed by atoms with Crippen molar-refractivity contribution in [2.24, 2.45) is 5.73 Å². The Kier molecular flexibility index (Phi) is 12.4. The number of nitrogens with two attached hydrogens (primary N) is 1. The Labute approximate surface area is 181 Å². The summed E-state index contributed by atoms with van der Waals surface area (Å²) in [5.74, 6) is -1.74. The number of rotatable bonds is 14. The molecule has 1 aliphatic heterocycles. The summed E-state index contributed by atoms with van der Waals surface area (Å²) >= 11 is 1.55. The first kappa shape index (κ1) is 26.2. The van der Waals surface area contributed by atoms with Gasteiger partial charge in [-0.25, -0.2) is 4.79 Å². The van der Waals surface area contributed by atoms with E-state index in [-0.39, 0.29) is 18.4 Å². The minimum absolute atomic E-state index is 0.225. The summed E-state index contributed by atoms with van der Waals surface area (Å²) in [6, 6.07) is -3.04. The zero-order valence-electron chi connectivity index (χ0n) is 17.7. The molecule has 3 amide bonds. The Balaban J connectivity index is 2.63. The molecular weight excluding hydrogens is 410 g/mol. The summed E-state index contributed by atoms with van der Waals surface area (Å²) in [4.78, 5) is 48.8. The molecular formula is C19H35N5O5S. The SMILES string of the molecule is CSCCC(NC(=O)C1CCCN1)C(=O)NC(C)C(=O)NC(CCCCN)C(=O)O. The maximum atomic E-state index is 12.7. The molecule has 0 aromatic heterocycles. The Morgan fingerprint density at radius 1 is 1.10 bits per heavy atom. The van der Waals surface area contributed by atoms with Crippen LogP contribution in [-0.2, 0) is 19.2 Å². The van der Waals surface area contributed by atoms with Gasteiger partial charge in [0.1, 0.15) is 18.1 Å². The van der Waals surface area contributed by atoms with Crippen molar-refractivity contribution in [2.75, 3.05) is 25.1 Å². The van der Waals surface area contributed by atoms with E-state index in [4.69, 9.17) is 5.73 Å². The number of carbonyl (C=O) groups excluding carboxylic acids is 3. The van der Waals surface area contributed by atoms with Crippen molar-refractivity contribution in [3.8, 4) is 0 Å². The molecule has 0 aromatic rings. The molecule has 10 nitrogen and oxygen atoms in total. The quantitative estimate of drug-likeness (QED) is 0.189. The second-order valence-corrected chi connectivity index (χ2v) is 8.39. The second kappa shape index (κ2) is 14.2. The fourth-order valence-electron chi connectivity index (χ4n) is 3.11. The highest BCUT2D eigenvalue weighted by atomic mass is 32.2. The monoisotopic (exact) mass is 445 g/mol. The predicted molar refractivity (Wildman–Crippen MR) is 116 cm³/mol. The molecule has 30 heavy (non-hydrogen) atoms. The van der Waals surface area contributed by atoms with Crippen LogP contribution in [0.2, 0.25) is 0 Å². The Bertz CT molecular complexity index is 586. The Morgan fingerprint density at radius 3 is 2.40 bits per heavy atom. The molecule has 4 atom stereocenters.